The topological polar surface area (TPSA) is 117 Å². The molecule has 1 saturated carbocycles. The van der Waals surface area contributed by atoms with Crippen LogP contribution < -0.4 is 10.1 Å². The summed E-state index contributed by atoms with van der Waals surface area (Å²) in [7, 11) is 0. The lowest BCUT2D eigenvalue weighted by atomic mass is 9.82. The van der Waals surface area contributed by atoms with E-state index in [1.807, 2.05) is 30.3 Å². The summed E-state index contributed by atoms with van der Waals surface area (Å²) in [6, 6.07) is 16.8. The Kier molecular flexibility index (Phi) is 7.28. The zero-order valence-corrected chi connectivity index (χ0v) is 20.7. The lowest BCUT2D eigenvalue weighted by Gasteiger charge is -2.29. The Morgan fingerprint density at radius 3 is 2.43 bits per heavy atom. The van der Waals surface area contributed by atoms with E-state index >= 15 is 0 Å². The highest BCUT2D eigenvalue weighted by atomic mass is 16.5. The predicted octanol–water partition coefficient (Wildman–Crippen LogP) is 5.29. The quantitative estimate of drug-likeness (QED) is 0.268. The lowest BCUT2D eigenvalue weighted by Crippen LogP contribution is -2.29. The van der Waals surface area contributed by atoms with Crippen LogP contribution in [0.15, 0.2) is 67.1 Å². The first-order valence-electron chi connectivity index (χ1n) is 12.6. The molecule has 1 aliphatic carbocycles. The molecule has 5 rings (SSSR count). The molecule has 190 valence electrons. The number of ketones is 2. The monoisotopic (exact) mass is 498 g/mol. The van der Waals surface area contributed by atoms with Crippen molar-refractivity contribution in [2.75, 3.05) is 5.32 Å². The van der Waals surface area contributed by atoms with Crippen LogP contribution in [0.3, 0.4) is 0 Å². The molecule has 0 spiro atoms. The first-order valence-corrected chi connectivity index (χ1v) is 12.6. The van der Waals surface area contributed by atoms with Gasteiger partial charge in [0.05, 0.1) is 10.9 Å². The van der Waals surface area contributed by atoms with Crippen LogP contribution in [0.4, 0.5) is 5.82 Å². The second-order valence-corrected chi connectivity index (χ2v) is 9.63. The molecule has 3 N–H and O–H groups in total. The Morgan fingerprint density at radius 1 is 1.03 bits per heavy atom. The van der Waals surface area contributed by atoms with Crippen molar-refractivity contribution >= 4 is 28.4 Å². The first-order chi connectivity index (χ1) is 18.0. The largest absolute Gasteiger partial charge is 0.457 e. The average Bonchev–Trinajstić information content (AvgIpc) is 3.36. The number of nitrogens with one attached hydrogen (secondary N) is 2. The van der Waals surface area contributed by atoms with Gasteiger partial charge in [-0.25, -0.2) is 9.97 Å². The molecule has 1 atom stereocenters. The van der Waals surface area contributed by atoms with Crippen LogP contribution in [0.2, 0.25) is 0 Å². The molecule has 8 nitrogen and oxygen atoms in total. The number of rotatable bonds is 9. The number of H-pyrrole nitrogens is 1. The van der Waals surface area contributed by atoms with E-state index in [1.165, 1.54) is 13.3 Å². The van der Waals surface area contributed by atoms with Gasteiger partial charge >= 0.3 is 0 Å². The first kappa shape index (κ1) is 24.6. The molecule has 2 aromatic carbocycles. The van der Waals surface area contributed by atoms with Gasteiger partial charge in [-0.3, -0.25) is 9.59 Å². The average molecular weight is 499 g/mol. The summed E-state index contributed by atoms with van der Waals surface area (Å²) in [5, 5.41) is 13.7. The summed E-state index contributed by atoms with van der Waals surface area (Å²) < 4.78 is 5.84. The number of hydrogen-bond donors (Lipinski definition) is 3. The highest BCUT2D eigenvalue weighted by molar-refractivity contribution is 6.18. The molecule has 1 aliphatic rings. The number of fused-ring (bicyclic) bond motifs is 1. The fourth-order valence-electron chi connectivity index (χ4n) is 4.87. The summed E-state index contributed by atoms with van der Waals surface area (Å²) >= 11 is 0. The van der Waals surface area contributed by atoms with Crippen LogP contribution in [-0.2, 0) is 4.79 Å². The zero-order valence-electron chi connectivity index (χ0n) is 20.7. The number of nitrogens with zero attached hydrogens (tertiary/aromatic N) is 2. The minimum atomic E-state index is -0.901. The maximum atomic E-state index is 13.4. The van der Waals surface area contributed by atoms with Gasteiger partial charge in [-0.2, -0.15) is 0 Å². The molecule has 0 amide bonds. The van der Waals surface area contributed by atoms with E-state index in [9.17, 15) is 14.7 Å². The molecule has 2 heterocycles. The Labute approximate surface area is 215 Å². The molecule has 2 aromatic heterocycles. The molecule has 0 aliphatic heterocycles. The molecule has 0 saturated heterocycles. The van der Waals surface area contributed by atoms with Gasteiger partial charge in [-0.15, -0.1) is 0 Å². The molecular formula is C29H30N4O4. The fraction of sp³-hybridized carbons (Fsp3) is 0.310. The number of para-hydroxylation sites is 1. The summed E-state index contributed by atoms with van der Waals surface area (Å²) in [4.78, 5) is 37.2. The maximum Gasteiger partial charge on any atom is 0.195 e. The van der Waals surface area contributed by atoms with E-state index in [1.54, 1.807) is 30.5 Å². The van der Waals surface area contributed by atoms with E-state index in [0.29, 0.717) is 46.1 Å². The number of benzene rings is 2. The number of aliphatic hydroxyl groups is 1. The molecule has 1 fully saturated rings. The van der Waals surface area contributed by atoms with Gasteiger partial charge in [0.2, 0.25) is 0 Å². The van der Waals surface area contributed by atoms with Gasteiger partial charge in [0.15, 0.2) is 11.6 Å². The second-order valence-electron chi connectivity index (χ2n) is 9.63. The minimum absolute atomic E-state index is 0.0935. The Hall–Kier alpha value is -4.04. The molecule has 4 aromatic rings. The van der Waals surface area contributed by atoms with Crippen LogP contribution in [0.25, 0.3) is 11.0 Å². The number of carbonyl (C=O) groups is 2. The smallest absolute Gasteiger partial charge is 0.195 e. The van der Waals surface area contributed by atoms with Crippen molar-refractivity contribution < 1.29 is 19.4 Å². The SMILES string of the molecule is C[C@H](O)C(=O)CC1CCC(Nc2ncnc3[nH]cc(C(=O)c4ccc(Oc5ccccc5)cc4)c23)CC1. The predicted molar refractivity (Wildman–Crippen MR) is 141 cm³/mol. The number of ether oxygens (including phenoxy) is 1. The van der Waals surface area contributed by atoms with Gasteiger partial charge in [0, 0.05) is 24.2 Å². The van der Waals surface area contributed by atoms with Gasteiger partial charge in [-0.05, 0) is 74.9 Å². The van der Waals surface area contributed by atoms with Crippen molar-refractivity contribution in [1.82, 2.24) is 15.0 Å². The van der Waals surface area contributed by atoms with Gasteiger partial charge in [0.25, 0.3) is 0 Å². The zero-order chi connectivity index (χ0) is 25.8. The second kappa shape index (κ2) is 10.9. The molecular weight excluding hydrogens is 468 g/mol. The number of carbonyl (C=O) groups excluding carboxylic acids is 2. The minimum Gasteiger partial charge on any atom is -0.457 e. The van der Waals surface area contributed by atoms with Crippen LogP contribution in [0, 0.1) is 5.92 Å². The number of aliphatic hydroxyl groups excluding tert-OH is 1. The van der Waals surface area contributed by atoms with Crippen molar-refractivity contribution in [1.29, 1.82) is 0 Å². The number of aromatic nitrogens is 3. The van der Waals surface area contributed by atoms with Gasteiger partial charge in [-0.1, -0.05) is 18.2 Å². The van der Waals surface area contributed by atoms with Crippen LogP contribution in [0.5, 0.6) is 11.5 Å². The fourth-order valence-corrected chi connectivity index (χ4v) is 4.87. The molecule has 0 radical (unpaired) electrons. The highest BCUT2D eigenvalue weighted by Gasteiger charge is 2.26. The van der Waals surface area contributed by atoms with E-state index in [2.05, 4.69) is 20.3 Å². The molecule has 0 bridgehead atoms. The molecule has 0 unspecified atom stereocenters. The van der Waals surface area contributed by atoms with Crippen molar-refractivity contribution in [2.45, 2.75) is 51.2 Å². The number of aromatic amines is 1. The standard InChI is InChI=1S/C29H30N4O4/c1-18(34)25(35)15-19-7-11-21(12-8-19)33-29-26-24(16-30-28(26)31-17-32-29)27(36)20-9-13-23(14-10-20)37-22-5-3-2-4-6-22/h2-6,9-10,13-14,16-19,21,34H,7-8,11-12,15H2,1H3,(H2,30,31,32,33)/t18-,19?,21?/m0/s1. The van der Waals surface area contributed by atoms with Crippen LogP contribution in [0.1, 0.15) is 54.9 Å². The van der Waals surface area contributed by atoms with E-state index < -0.39 is 6.10 Å². The normalized spacial score (nSPS) is 18.3. The van der Waals surface area contributed by atoms with Gasteiger partial charge in [0.1, 0.15) is 35.4 Å². The third-order valence-electron chi connectivity index (χ3n) is 6.95. The van der Waals surface area contributed by atoms with Crippen molar-refractivity contribution in [2.24, 2.45) is 5.92 Å². The van der Waals surface area contributed by atoms with E-state index in [0.717, 1.165) is 31.4 Å². The van der Waals surface area contributed by atoms with Crippen molar-refractivity contribution in [3.63, 3.8) is 0 Å². The van der Waals surface area contributed by atoms with Crippen LogP contribution in [-0.4, -0.2) is 43.8 Å². The number of Topliss-reactive ketones (excluding diaryl/α,β-unsaturated/α-hetero) is 1. The Morgan fingerprint density at radius 2 is 1.73 bits per heavy atom. The number of anilines is 1. The Bertz CT molecular complexity index is 1370. The van der Waals surface area contributed by atoms with Gasteiger partial charge < -0.3 is 20.1 Å². The summed E-state index contributed by atoms with van der Waals surface area (Å²) in [5.41, 5.74) is 1.64. The maximum absolute atomic E-state index is 13.4. The van der Waals surface area contributed by atoms with Crippen LogP contribution >= 0.6 is 0 Å². The summed E-state index contributed by atoms with van der Waals surface area (Å²) in [6.07, 6.45) is 6.27. The molecule has 37 heavy (non-hydrogen) atoms. The van der Waals surface area contributed by atoms with E-state index in [4.69, 9.17) is 4.74 Å². The van der Waals surface area contributed by atoms with E-state index in [-0.39, 0.29) is 17.6 Å². The summed E-state index contributed by atoms with van der Waals surface area (Å²) in [5.74, 6) is 2.08. The van der Waals surface area contributed by atoms with Crippen molar-refractivity contribution in [3.8, 4) is 11.5 Å². The lowest BCUT2D eigenvalue weighted by molar-refractivity contribution is -0.127. The highest BCUT2D eigenvalue weighted by Crippen LogP contribution is 2.32. The molecule has 8 heteroatoms. The summed E-state index contributed by atoms with van der Waals surface area (Å²) in [6.45, 7) is 1.53. The third-order valence-corrected chi connectivity index (χ3v) is 6.95. The number of hydrogen-bond acceptors (Lipinski definition) is 7. The third kappa shape index (κ3) is 5.70. The Balaban J connectivity index is 1.29. The van der Waals surface area contributed by atoms with Crippen molar-refractivity contribution in [3.05, 3.63) is 78.2 Å².